The zero-order valence-electron chi connectivity index (χ0n) is 13.3. The maximum absolute atomic E-state index is 12.2. The number of carbonyl (C=O) groups excluding carboxylic acids is 1. The summed E-state index contributed by atoms with van der Waals surface area (Å²) in [6.45, 7) is 10.4. The second kappa shape index (κ2) is 5.94. The van der Waals surface area contributed by atoms with Gasteiger partial charge < -0.3 is 9.64 Å². The van der Waals surface area contributed by atoms with E-state index in [-0.39, 0.29) is 18.2 Å². The number of hydrogen-bond acceptors (Lipinski definition) is 4. The van der Waals surface area contributed by atoms with Gasteiger partial charge in [0.25, 0.3) is 0 Å². The average molecular weight is 359 g/mol. The number of halogens is 1. The lowest BCUT2D eigenvalue weighted by Gasteiger charge is -2.38. The molecule has 0 saturated carbocycles. The van der Waals surface area contributed by atoms with Gasteiger partial charge in [-0.1, -0.05) is 5.21 Å². The summed E-state index contributed by atoms with van der Waals surface area (Å²) >= 11 is 3.39. The number of ether oxygens (including phenoxy) is 1. The molecule has 2 rings (SSSR count). The fourth-order valence-corrected chi connectivity index (χ4v) is 2.88. The first kappa shape index (κ1) is 16.3. The van der Waals surface area contributed by atoms with Gasteiger partial charge in [0.05, 0.1) is 11.7 Å². The number of likely N-dealkylation sites (tertiary alicyclic amines) is 1. The topological polar surface area (TPSA) is 60.2 Å². The third kappa shape index (κ3) is 3.75. The molecule has 7 heteroatoms. The molecule has 1 aliphatic heterocycles. The second-order valence-corrected chi connectivity index (χ2v) is 7.36. The summed E-state index contributed by atoms with van der Waals surface area (Å²) in [5.74, 6) is 0. The van der Waals surface area contributed by atoms with Crippen LogP contribution in [-0.4, -0.2) is 44.2 Å². The Balaban J connectivity index is 2.02. The van der Waals surface area contributed by atoms with Crippen LogP contribution in [0.3, 0.4) is 0 Å². The standard InChI is InChI=1S/C14H23BrN4O2/c1-9-8-11(19-10(2)12(15)16-17-19)6-7-18(9)13(20)21-14(3,4)5/h9,11H,6-8H2,1-5H3/t9-,11-/m1/s1. The number of aromatic nitrogens is 3. The van der Waals surface area contributed by atoms with Gasteiger partial charge in [0.2, 0.25) is 0 Å². The highest BCUT2D eigenvalue weighted by molar-refractivity contribution is 9.10. The summed E-state index contributed by atoms with van der Waals surface area (Å²) in [7, 11) is 0. The highest BCUT2D eigenvalue weighted by Crippen LogP contribution is 2.29. The first-order valence-corrected chi connectivity index (χ1v) is 8.05. The predicted octanol–water partition coefficient (Wildman–Crippen LogP) is 3.31. The van der Waals surface area contributed by atoms with Crippen LogP contribution >= 0.6 is 15.9 Å². The third-order valence-electron chi connectivity index (χ3n) is 3.69. The second-order valence-electron chi connectivity index (χ2n) is 6.61. The van der Waals surface area contributed by atoms with E-state index in [2.05, 4.69) is 33.2 Å². The number of amides is 1. The third-order valence-corrected chi connectivity index (χ3v) is 4.43. The van der Waals surface area contributed by atoms with Gasteiger partial charge >= 0.3 is 6.09 Å². The fourth-order valence-electron chi connectivity index (χ4n) is 2.63. The van der Waals surface area contributed by atoms with Crippen LogP contribution in [0.5, 0.6) is 0 Å². The van der Waals surface area contributed by atoms with Crippen molar-refractivity contribution in [1.82, 2.24) is 19.9 Å². The lowest BCUT2D eigenvalue weighted by atomic mass is 9.98. The Hall–Kier alpha value is -1.11. The number of nitrogens with zero attached hydrogens (tertiary/aromatic N) is 4. The Labute approximate surface area is 134 Å². The summed E-state index contributed by atoms with van der Waals surface area (Å²) in [5, 5.41) is 8.23. The van der Waals surface area contributed by atoms with Gasteiger partial charge in [-0.2, -0.15) is 0 Å². The SMILES string of the molecule is Cc1c(Br)nnn1[C@@H]1CCN(C(=O)OC(C)(C)C)[C@H](C)C1. The molecule has 6 nitrogen and oxygen atoms in total. The van der Waals surface area contributed by atoms with Gasteiger partial charge in [0, 0.05) is 12.6 Å². The molecular weight excluding hydrogens is 336 g/mol. The van der Waals surface area contributed by atoms with Gasteiger partial charge in [0.1, 0.15) is 5.60 Å². The van der Waals surface area contributed by atoms with E-state index < -0.39 is 5.60 Å². The zero-order chi connectivity index (χ0) is 15.8. The lowest BCUT2D eigenvalue weighted by molar-refractivity contribution is 0.00715. The van der Waals surface area contributed by atoms with Gasteiger partial charge in [-0.05, 0) is 63.4 Å². The van der Waals surface area contributed by atoms with Crippen molar-refractivity contribution in [2.75, 3.05) is 6.54 Å². The van der Waals surface area contributed by atoms with E-state index in [1.165, 1.54) is 0 Å². The average Bonchev–Trinajstić information content (AvgIpc) is 2.67. The Kier molecular flexibility index (Phi) is 4.60. The van der Waals surface area contributed by atoms with E-state index in [0.717, 1.165) is 23.1 Å². The van der Waals surface area contributed by atoms with Gasteiger partial charge in [-0.3, -0.25) is 0 Å². The number of hydrogen-bond donors (Lipinski definition) is 0. The largest absolute Gasteiger partial charge is 0.444 e. The molecule has 0 bridgehead atoms. The van der Waals surface area contributed by atoms with Crippen LogP contribution < -0.4 is 0 Å². The number of piperidine rings is 1. The number of rotatable bonds is 1. The molecule has 0 N–H and O–H groups in total. The van der Waals surface area contributed by atoms with Gasteiger partial charge in [-0.15, -0.1) is 5.10 Å². The van der Waals surface area contributed by atoms with Crippen molar-refractivity contribution < 1.29 is 9.53 Å². The summed E-state index contributed by atoms with van der Waals surface area (Å²) in [5.41, 5.74) is 0.569. The molecule has 0 aliphatic carbocycles. The summed E-state index contributed by atoms with van der Waals surface area (Å²) in [6.07, 6.45) is 1.49. The van der Waals surface area contributed by atoms with Crippen molar-refractivity contribution >= 4 is 22.0 Å². The molecule has 1 saturated heterocycles. The van der Waals surface area contributed by atoms with Crippen molar-refractivity contribution in [3.8, 4) is 0 Å². The molecule has 1 aromatic heterocycles. The van der Waals surface area contributed by atoms with Crippen molar-refractivity contribution in [3.05, 3.63) is 10.3 Å². The Morgan fingerprint density at radius 1 is 1.43 bits per heavy atom. The maximum atomic E-state index is 12.2. The predicted molar refractivity (Wildman–Crippen MR) is 83.1 cm³/mol. The van der Waals surface area contributed by atoms with Gasteiger partial charge in [0.15, 0.2) is 4.60 Å². The minimum Gasteiger partial charge on any atom is -0.444 e. The van der Waals surface area contributed by atoms with Crippen LogP contribution in [0.4, 0.5) is 4.79 Å². The Bertz CT molecular complexity index is 524. The molecule has 1 aliphatic rings. The first-order chi connectivity index (χ1) is 9.69. The molecule has 1 aromatic rings. The summed E-state index contributed by atoms with van der Waals surface area (Å²) < 4.78 is 8.19. The summed E-state index contributed by atoms with van der Waals surface area (Å²) in [4.78, 5) is 14.0. The van der Waals surface area contributed by atoms with Crippen LogP contribution in [0.25, 0.3) is 0 Å². The van der Waals surface area contributed by atoms with E-state index in [9.17, 15) is 4.79 Å². The monoisotopic (exact) mass is 358 g/mol. The fraction of sp³-hybridized carbons (Fsp3) is 0.786. The van der Waals surface area contributed by atoms with Crippen LogP contribution in [-0.2, 0) is 4.74 Å². The number of carbonyl (C=O) groups is 1. The molecular formula is C14H23BrN4O2. The van der Waals surface area contributed by atoms with Crippen molar-refractivity contribution in [1.29, 1.82) is 0 Å². The molecule has 0 unspecified atom stereocenters. The highest BCUT2D eigenvalue weighted by atomic mass is 79.9. The van der Waals surface area contributed by atoms with E-state index in [4.69, 9.17) is 4.74 Å². The minimum atomic E-state index is -0.457. The smallest absolute Gasteiger partial charge is 0.410 e. The normalized spacial score (nSPS) is 23.2. The van der Waals surface area contributed by atoms with Crippen molar-refractivity contribution in [2.24, 2.45) is 0 Å². The molecule has 2 atom stereocenters. The van der Waals surface area contributed by atoms with Crippen molar-refractivity contribution in [2.45, 2.75) is 65.1 Å². The highest BCUT2D eigenvalue weighted by Gasteiger charge is 2.33. The van der Waals surface area contributed by atoms with Gasteiger partial charge in [-0.25, -0.2) is 9.48 Å². The lowest BCUT2D eigenvalue weighted by Crippen LogP contribution is -2.47. The van der Waals surface area contributed by atoms with Crippen LogP contribution in [0.1, 0.15) is 52.3 Å². The molecule has 0 radical (unpaired) electrons. The van der Waals surface area contributed by atoms with E-state index in [1.54, 1.807) is 0 Å². The minimum absolute atomic E-state index is 0.126. The maximum Gasteiger partial charge on any atom is 0.410 e. The van der Waals surface area contributed by atoms with Crippen LogP contribution in [0.2, 0.25) is 0 Å². The Morgan fingerprint density at radius 2 is 2.10 bits per heavy atom. The zero-order valence-corrected chi connectivity index (χ0v) is 14.8. The molecule has 21 heavy (non-hydrogen) atoms. The molecule has 0 spiro atoms. The van der Waals surface area contributed by atoms with E-state index in [0.29, 0.717) is 6.54 Å². The Morgan fingerprint density at radius 3 is 2.57 bits per heavy atom. The quantitative estimate of drug-likeness (QED) is 0.772. The molecule has 118 valence electrons. The summed E-state index contributed by atoms with van der Waals surface area (Å²) in [6, 6.07) is 0.401. The van der Waals surface area contributed by atoms with Crippen LogP contribution in [0, 0.1) is 6.92 Å². The first-order valence-electron chi connectivity index (χ1n) is 7.26. The van der Waals surface area contributed by atoms with E-state index in [1.807, 2.05) is 37.3 Å². The molecule has 2 heterocycles. The van der Waals surface area contributed by atoms with E-state index >= 15 is 0 Å². The van der Waals surface area contributed by atoms with Crippen LogP contribution in [0.15, 0.2) is 4.60 Å². The molecule has 0 aromatic carbocycles. The molecule has 1 fully saturated rings. The van der Waals surface area contributed by atoms with Crippen molar-refractivity contribution in [3.63, 3.8) is 0 Å². The molecule has 1 amide bonds.